The van der Waals surface area contributed by atoms with E-state index in [0.29, 0.717) is 10.7 Å². The molecule has 0 aliphatic rings. The Balaban J connectivity index is 2.48. The van der Waals surface area contributed by atoms with Crippen LogP contribution in [0.5, 0.6) is 0 Å². The summed E-state index contributed by atoms with van der Waals surface area (Å²) < 4.78 is 0.805. The number of aliphatic carboxylic acids is 1. The van der Waals surface area contributed by atoms with Gasteiger partial charge in [0, 0.05) is 11.0 Å². The van der Waals surface area contributed by atoms with E-state index < -0.39 is 12.0 Å². The molecule has 2 amide bonds. The van der Waals surface area contributed by atoms with E-state index in [1.54, 1.807) is 18.2 Å². The van der Waals surface area contributed by atoms with Gasteiger partial charge in [0.25, 0.3) is 0 Å². The largest absolute Gasteiger partial charge is 0.481 e. The second kappa shape index (κ2) is 6.46. The van der Waals surface area contributed by atoms with Crippen molar-refractivity contribution in [2.24, 2.45) is 0 Å². The van der Waals surface area contributed by atoms with Crippen LogP contribution in [-0.2, 0) is 4.79 Å². The summed E-state index contributed by atoms with van der Waals surface area (Å²) >= 11 is 9.13. The zero-order chi connectivity index (χ0) is 12.8. The van der Waals surface area contributed by atoms with E-state index in [-0.39, 0.29) is 13.0 Å². The number of carboxylic acids is 1. The fraction of sp³-hybridized carbons (Fsp3) is 0.200. The Morgan fingerprint density at radius 2 is 2.12 bits per heavy atom. The van der Waals surface area contributed by atoms with E-state index in [0.717, 1.165) is 4.47 Å². The van der Waals surface area contributed by atoms with Crippen LogP contribution in [0.15, 0.2) is 22.7 Å². The summed E-state index contributed by atoms with van der Waals surface area (Å²) in [6.07, 6.45) is -0.124. The third-order valence-corrected chi connectivity index (χ3v) is 2.61. The molecule has 0 aliphatic carbocycles. The number of carboxylic acid groups (broad SMARTS) is 1. The van der Waals surface area contributed by atoms with Crippen LogP contribution in [0.4, 0.5) is 10.5 Å². The molecule has 7 heteroatoms. The van der Waals surface area contributed by atoms with Gasteiger partial charge in [-0.05, 0) is 18.2 Å². The summed E-state index contributed by atoms with van der Waals surface area (Å²) in [5, 5.41) is 13.7. The Morgan fingerprint density at radius 1 is 1.41 bits per heavy atom. The van der Waals surface area contributed by atoms with Crippen LogP contribution in [0.3, 0.4) is 0 Å². The van der Waals surface area contributed by atoms with Gasteiger partial charge >= 0.3 is 12.0 Å². The molecule has 0 aliphatic heterocycles. The van der Waals surface area contributed by atoms with Gasteiger partial charge in [0.1, 0.15) is 0 Å². The molecule has 3 N–H and O–H groups in total. The molecule has 0 saturated heterocycles. The maximum atomic E-state index is 11.3. The first-order valence-corrected chi connectivity index (χ1v) is 5.88. The first kappa shape index (κ1) is 13.8. The second-order valence-corrected chi connectivity index (χ2v) is 4.47. The first-order chi connectivity index (χ1) is 7.99. The molecule has 1 rings (SSSR count). The maximum absolute atomic E-state index is 11.3. The Bertz CT molecular complexity index is 440. The molecule has 0 radical (unpaired) electrons. The van der Waals surface area contributed by atoms with Gasteiger partial charge in [0.15, 0.2) is 0 Å². The van der Waals surface area contributed by atoms with Gasteiger partial charge in [-0.15, -0.1) is 0 Å². The average molecular weight is 322 g/mol. The van der Waals surface area contributed by atoms with Gasteiger partial charge in [-0.2, -0.15) is 0 Å². The number of carbonyl (C=O) groups is 2. The lowest BCUT2D eigenvalue weighted by Gasteiger charge is -2.08. The van der Waals surface area contributed by atoms with Crippen LogP contribution in [-0.4, -0.2) is 23.7 Å². The predicted octanol–water partition coefficient (Wildman–Crippen LogP) is 2.70. The van der Waals surface area contributed by atoms with Crippen molar-refractivity contribution < 1.29 is 14.7 Å². The van der Waals surface area contributed by atoms with Crippen LogP contribution in [0.25, 0.3) is 0 Å². The number of amides is 2. The highest BCUT2D eigenvalue weighted by molar-refractivity contribution is 9.10. The molecule has 0 fully saturated rings. The zero-order valence-electron chi connectivity index (χ0n) is 8.67. The van der Waals surface area contributed by atoms with E-state index >= 15 is 0 Å². The third kappa shape index (κ3) is 5.06. The Kier molecular flexibility index (Phi) is 5.24. The molecule has 0 heterocycles. The van der Waals surface area contributed by atoms with Gasteiger partial charge < -0.3 is 15.7 Å². The topological polar surface area (TPSA) is 78.4 Å². The minimum Gasteiger partial charge on any atom is -0.481 e. The molecule has 92 valence electrons. The van der Waals surface area contributed by atoms with Crippen molar-refractivity contribution in [1.82, 2.24) is 5.32 Å². The van der Waals surface area contributed by atoms with E-state index in [1.165, 1.54) is 0 Å². The smallest absolute Gasteiger partial charge is 0.319 e. The van der Waals surface area contributed by atoms with Crippen molar-refractivity contribution in [3.8, 4) is 0 Å². The highest BCUT2D eigenvalue weighted by Crippen LogP contribution is 2.25. The molecular weight excluding hydrogens is 311 g/mol. The van der Waals surface area contributed by atoms with Gasteiger partial charge in [-0.25, -0.2) is 4.79 Å². The van der Waals surface area contributed by atoms with Crippen molar-refractivity contribution >= 4 is 45.2 Å². The van der Waals surface area contributed by atoms with E-state index in [9.17, 15) is 9.59 Å². The third-order valence-electron chi connectivity index (χ3n) is 1.80. The Labute approximate surface area is 111 Å². The highest BCUT2D eigenvalue weighted by Gasteiger charge is 2.06. The predicted molar refractivity (Wildman–Crippen MR) is 68.4 cm³/mol. The molecule has 1 aromatic rings. The summed E-state index contributed by atoms with van der Waals surface area (Å²) in [6, 6.07) is 4.53. The fourth-order valence-electron chi connectivity index (χ4n) is 1.04. The van der Waals surface area contributed by atoms with Crippen molar-refractivity contribution in [2.75, 3.05) is 11.9 Å². The molecule has 5 nitrogen and oxygen atoms in total. The summed E-state index contributed by atoms with van der Waals surface area (Å²) in [6.45, 7) is 0.0648. The molecule has 17 heavy (non-hydrogen) atoms. The summed E-state index contributed by atoms with van der Waals surface area (Å²) in [4.78, 5) is 21.6. The van der Waals surface area contributed by atoms with Crippen molar-refractivity contribution in [1.29, 1.82) is 0 Å². The van der Waals surface area contributed by atoms with Crippen molar-refractivity contribution in [3.63, 3.8) is 0 Å². The monoisotopic (exact) mass is 320 g/mol. The number of nitrogens with one attached hydrogen (secondary N) is 2. The fourth-order valence-corrected chi connectivity index (χ4v) is 1.76. The summed E-state index contributed by atoms with van der Waals surface area (Å²) in [5.41, 5.74) is 0.461. The van der Waals surface area contributed by atoms with Crippen molar-refractivity contribution in [2.45, 2.75) is 6.42 Å². The van der Waals surface area contributed by atoms with E-state index in [1.807, 2.05) is 0 Å². The number of anilines is 1. The SMILES string of the molecule is O=C(O)CCNC(=O)Nc1ccc(Br)cc1Cl. The lowest BCUT2D eigenvalue weighted by atomic mass is 10.3. The number of urea groups is 1. The van der Waals surface area contributed by atoms with Crippen LogP contribution in [0.2, 0.25) is 5.02 Å². The number of hydrogen-bond donors (Lipinski definition) is 3. The second-order valence-electron chi connectivity index (χ2n) is 3.15. The number of rotatable bonds is 4. The molecule has 0 bridgehead atoms. The van der Waals surface area contributed by atoms with Crippen LogP contribution in [0, 0.1) is 0 Å². The van der Waals surface area contributed by atoms with E-state index in [2.05, 4.69) is 26.6 Å². The Morgan fingerprint density at radius 3 is 2.71 bits per heavy atom. The van der Waals surface area contributed by atoms with Crippen molar-refractivity contribution in [3.05, 3.63) is 27.7 Å². The van der Waals surface area contributed by atoms with Crippen LogP contribution >= 0.6 is 27.5 Å². The molecule has 0 spiro atoms. The lowest BCUT2D eigenvalue weighted by Crippen LogP contribution is -2.30. The van der Waals surface area contributed by atoms with Gasteiger partial charge in [-0.1, -0.05) is 27.5 Å². The number of benzene rings is 1. The molecule has 0 saturated carbocycles. The molecule has 0 atom stereocenters. The number of halogens is 2. The minimum atomic E-state index is -0.966. The van der Waals surface area contributed by atoms with E-state index in [4.69, 9.17) is 16.7 Å². The highest BCUT2D eigenvalue weighted by atomic mass is 79.9. The zero-order valence-corrected chi connectivity index (χ0v) is 11.0. The quantitative estimate of drug-likeness (QED) is 0.798. The maximum Gasteiger partial charge on any atom is 0.319 e. The summed E-state index contributed by atoms with van der Waals surface area (Å²) in [5.74, 6) is -0.966. The molecule has 1 aromatic carbocycles. The normalized spacial score (nSPS) is 9.76. The number of carbonyl (C=O) groups excluding carboxylic acids is 1. The molecular formula is C10H10BrClN2O3. The molecule has 0 unspecified atom stereocenters. The minimum absolute atomic E-state index is 0.0648. The lowest BCUT2D eigenvalue weighted by molar-refractivity contribution is -0.136. The Hall–Kier alpha value is -1.27. The standard InChI is InChI=1S/C10H10BrClN2O3/c11-6-1-2-8(7(12)5-6)14-10(17)13-4-3-9(15)16/h1-2,5H,3-4H2,(H,15,16)(H2,13,14,17). The van der Waals surface area contributed by atoms with Gasteiger partial charge in [-0.3, -0.25) is 4.79 Å². The summed E-state index contributed by atoms with van der Waals surface area (Å²) in [7, 11) is 0. The number of hydrogen-bond acceptors (Lipinski definition) is 2. The first-order valence-electron chi connectivity index (χ1n) is 4.70. The van der Waals surface area contributed by atoms with Crippen LogP contribution < -0.4 is 10.6 Å². The van der Waals surface area contributed by atoms with Gasteiger partial charge in [0.2, 0.25) is 0 Å². The van der Waals surface area contributed by atoms with Gasteiger partial charge in [0.05, 0.1) is 17.1 Å². The molecule has 0 aromatic heterocycles. The average Bonchev–Trinajstić information content (AvgIpc) is 2.21. The van der Waals surface area contributed by atoms with Crippen LogP contribution in [0.1, 0.15) is 6.42 Å².